The van der Waals surface area contributed by atoms with Gasteiger partial charge in [0.15, 0.2) is 0 Å². The highest BCUT2D eigenvalue weighted by molar-refractivity contribution is 7.92. The molecule has 7 nitrogen and oxygen atoms in total. The van der Waals surface area contributed by atoms with Gasteiger partial charge in [0.2, 0.25) is 5.91 Å². The van der Waals surface area contributed by atoms with E-state index in [1.807, 2.05) is 12.1 Å². The highest BCUT2D eigenvalue weighted by Crippen LogP contribution is 2.37. The minimum atomic E-state index is -3.86. The van der Waals surface area contributed by atoms with Gasteiger partial charge in [0, 0.05) is 29.4 Å². The van der Waals surface area contributed by atoms with Crippen LogP contribution in [0.2, 0.25) is 0 Å². The molecule has 8 heteroatoms. The first kappa shape index (κ1) is 25.0. The predicted molar refractivity (Wildman–Crippen MR) is 146 cm³/mol. The zero-order valence-corrected chi connectivity index (χ0v) is 22.1. The summed E-state index contributed by atoms with van der Waals surface area (Å²) in [6, 6.07) is 19.0. The maximum absolute atomic E-state index is 13.1. The van der Waals surface area contributed by atoms with Gasteiger partial charge in [-0.3, -0.25) is 14.3 Å². The SMILES string of the molecule is CC(C)(C)c1ccc(C(=O)Nc2cccc(NS(=O)(=O)c3ccc4c(c3)CCN4C(=O)C3CC3)c2)cc1. The van der Waals surface area contributed by atoms with Gasteiger partial charge in [-0.25, -0.2) is 8.42 Å². The average Bonchev–Trinajstić information content (AvgIpc) is 3.62. The second-order valence-electron chi connectivity index (χ2n) is 10.8. The molecule has 1 aliphatic carbocycles. The second kappa shape index (κ2) is 9.34. The third-order valence-electron chi connectivity index (χ3n) is 6.84. The summed E-state index contributed by atoms with van der Waals surface area (Å²) >= 11 is 0. The summed E-state index contributed by atoms with van der Waals surface area (Å²) in [6.07, 6.45) is 2.50. The lowest BCUT2D eigenvalue weighted by Gasteiger charge is -2.19. The Morgan fingerprint density at radius 3 is 2.30 bits per heavy atom. The Morgan fingerprint density at radius 2 is 1.62 bits per heavy atom. The first-order valence-corrected chi connectivity index (χ1v) is 14.0. The van der Waals surface area contributed by atoms with E-state index in [4.69, 9.17) is 0 Å². The number of rotatable bonds is 6. The summed E-state index contributed by atoms with van der Waals surface area (Å²) in [4.78, 5) is 27.2. The zero-order chi connectivity index (χ0) is 26.4. The number of hydrogen-bond donors (Lipinski definition) is 2. The Balaban J connectivity index is 1.28. The number of nitrogens with zero attached hydrogens (tertiary/aromatic N) is 1. The molecule has 0 bridgehead atoms. The molecule has 1 fully saturated rings. The Kier molecular flexibility index (Phi) is 6.31. The van der Waals surface area contributed by atoms with Gasteiger partial charge in [-0.05, 0) is 84.3 Å². The fourth-order valence-electron chi connectivity index (χ4n) is 4.52. The van der Waals surface area contributed by atoms with E-state index in [2.05, 4.69) is 30.8 Å². The van der Waals surface area contributed by atoms with E-state index < -0.39 is 10.0 Å². The number of nitrogens with one attached hydrogen (secondary N) is 2. The van der Waals surface area contributed by atoms with Crippen molar-refractivity contribution in [2.75, 3.05) is 21.5 Å². The minimum absolute atomic E-state index is 0.00720. The lowest BCUT2D eigenvalue weighted by Crippen LogP contribution is -2.30. The second-order valence-corrected chi connectivity index (χ2v) is 12.5. The van der Waals surface area contributed by atoms with Crippen molar-refractivity contribution in [2.24, 2.45) is 5.92 Å². The quantitative estimate of drug-likeness (QED) is 0.462. The summed E-state index contributed by atoms with van der Waals surface area (Å²) in [6.45, 7) is 6.93. The molecular weight excluding hydrogens is 486 g/mol. The van der Waals surface area contributed by atoms with Gasteiger partial charge in [0.25, 0.3) is 15.9 Å². The molecule has 37 heavy (non-hydrogen) atoms. The van der Waals surface area contributed by atoms with Crippen molar-refractivity contribution < 1.29 is 18.0 Å². The van der Waals surface area contributed by atoms with Crippen molar-refractivity contribution in [3.8, 4) is 0 Å². The van der Waals surface area contributed by atoms with Crippen LogP contribution >= 0.6 is 0 Å². The molecule has 2 N–H and O–H groups in total. The van der Waals surface area contributed by atoms with Gasteiger partial charge in [0.05, 0.1) is 10.6 Å². The minimum Gasteiger partial charge on any atom is -0.322 e. The van der Waals surface area contributed by atoms with Crippen molar-refractivity contribution in [2.45, 2.75) is 50.3 Å². The van der Waals surface area contributed by atoms with Crippen LogP contribution in [-0.4, -0.2) is 26.8 Å². The molecule has 3 aromatic rings. The summed E-state index contributed by atoms with van der Waals surface area (Å²) in [7, 11) is -3.86. The summed E-state index contributed by atoms with van der Waals surface area (Å²) < 4.78 is 28.9. The number of fused-ring (bicyclic) bond motifs is 1. The van der Waals surface area contributed by atoms with E-state index in [1.54, 1.807) is 53.4 Å². The Hall–Kier alpha value is -3.65. The standard InChI is InChI=1S/C29H31N3O4S/c1-29(2,3)22-11-9-19(10-12-22)27(33)30-23-5-4-6-24(18-23)31-37(35,36)25-13-14-26-21(17-25)15-16-32(26)28(34)20-7-8-20/h4-6,9-14,17-18,20,31H,7-8,15-16H2,1-3H3,(H,30,33). The summed E-state index contributed by atoms with van der Waals surface area (Å²) in [5.74, 6) is -0.0208. The van der Waals surface area contributed by atoms with Crippen LogP contribution in [0.3, 0.4) is 0 Å². The molecule has 1 aliphatic heterocycles. The Labute approximate surface area is 217 Å². The van der Waals surface area contributed by atoms with Gasteiger partial charge < -0.3 is 10.2 Å². The van der Waals surface area contributed by atoms with Crippen LogP contribution in [0, 0.1) is 5.92 Å². The molecule has 192 valence electrons. The highest BCUT2D eigenvalue weighted by Gasteiger charge is 2.36. The van der Waals surface area contributed by atoms with Crippen molar-refractivity contribution in [3.63, 3.8) is 0 Å². The number of hydrogen-bond acceptors (Lipinski definition) is 4. The Morgan fingerprint density at radius 1 is 0.919 bits per heavy atom. The van der Waals surface area contributed by atoms with Crippen LogP contribution in [0.25, 0.3) is 0 Å². The van der Waals surface area contributed by atoms with Crippen LogP contribution in [0.5, 0.6) is 0 Å². The van der Waals surface area contributed by atoms with Crippen molar-refractivity contribution in [1.82, 2.24) is 0 Å². The zero-order valence-electron chi connectivity index (χ0n) is 21.2. The number of carbonyl (C=O) groups excluding carboxylic acids is 2. The fourth-order valence-corrected chi connectivity index (χ4v) is 5.62. The molecule has 1 heterocycles. The topological polar surface area (TPSA) is 95.6 Å². The van der Waals surface area contributed by atoms with Gasteiger partial charge in [-0.1, -0.05) is 39.0 Å². The van der Waals surface area contributed by atoms with Crippen LogP contribution in [0.15, 0.2) is 71.6 Å². The van der Waals surface area contributed by atoms with Gasteiger partial charge in [0.1, 0.15) is 0 Å². The van der Waals surface area contributed by atoms with Gasteiger partial charge in [-0.15, -0.1) is 0 Å². The van der Waals surface area contributed by atoms with E-state index in [1.165, 1.54) is 6.07 Å². The van der Waals surface area contributed by atoms with E-state index in [9.17, 15) is 18.0 Å². The number of benzene rings is 3. The first-order valence-electron chi connectivity index (χ1n) is 12.5. The van der Waals surface area contributed by atoms with E-state index >= 15 is 0 Å². The predicted octanol–water partition coefficient (Wildman–Crippen LogP) is 5.34. The smallest absolute Gasteiger partial charge is 0.261 e. The maximum atomic E-state index is 13.1. The monoisotopic (exact) mass is 517 g/mol. The molecule has 0 unspecified atom stereocenters. The van der Waals surface area contributed by atoms with Crippen LogP contribution in [0.4, 0.5) is 17.1 Å². The number of sulfonamides is 1. The summed E-state index contributed by atoms with van der Waals surface area (Å²) in [5, 5.41) is 2.83. The molecule has 2 amide bonds. The molecule has 0 aromatic heterocycles. The Bertz CT molecular complexity index is 1470. The molecule has 5 rings (SSSR count). The van der Waals surface area contributed by atoms with Crippen LogP contribution in [0.1, 0.15) is 55.1 Å². The molecule has 1 saturated carbocycles. The lowest BCUT2D eigenvalue weighted by molar-refractivity contribution is -0.119. The maximum Gasteiger partial charge on any atom is 0.261 e. The summed E-state index contributed by atoms with van der Waals surface area (Å²) in [5.41, 5.74) is 4.12. The molecule has 0 radical (unpaired) electrons. The number of carbonyl (C=O) groups is 2. The molecule has 0 spiro atoms. The largest absolute Gasteiger partial charge is 0.322 e. The third kappa shape index (κ3) is 5.39. The number of amides is 2. The first-order chi connectivity index (χ1) is 17.5. The average molecular weight is 518 g/mol. The normalized spacial score (nSPS) is 15.3. The lowest BCUT2D eigenvalue weighted by atomic mass is 9.87. The van der Waals surface area contributed by atoms with E-state index in [0.717, 1.165) is 29.7 Å². The van der Waals surface area contributed by atoms with E-state index in [0.29, 0.717) is 29.9 Å². The highest BCUT2D eigenvalue weighted by atomic mass is 32.2. The van der Waals surface area contributed by atoms with Crippen molar-refractivity contribution in [1.29, 1.82) is 0 Å². The van der Waals surface area contributed by atoms with Gasteiger partial charge in [-0.2, -0.15) is 0 Å². The molecule has 2 aliphatic rings. The van der Waals surface area contributed by atoms with Crippen molar-refractivity contribution in [3.05, 3.63) is 83.4 Å². The molecular formula is C29H31N3O4S. The van der Waals surface area contributed by atoms with E-state index in [-0.39, 0.29) is 28.0 Å². The molecule has 0 saturated heterocycles. The van der Waals surface area contributed by atoms with Gasteiger partial charge >= 0.3 is 0 Å². The fraction of sp³-hybridized carbons (Fsp3) is 0.310. The van der Waals surface area contributed by atoms with Crippen LogP contribution < -0.4 is 14.9 Å². The number of anilines is 3. The van der Waals surface area contributed by atoms with Crippen molar-refractivity contribution >= 4 is 38.9 Å². The molecule has 0 atom stereocenters. The third-order valence-corrected chi connectivity index (χ3v) is 8.21. The van der Waals surface area contributed by atoms with Crippen LogP contribution in [-0.2, 0) is 26.7 Å². The molecule has 3 aromatic carbocycles.